The molecule has 0 spiro atoms. The van der Waals surface area contributed by atoms with Crippen LogP contribution in [0.1, 0.15) is 30.4 Å². The topological polar surface area (TPSA) is 40.6 Å². The number of piperidine rings is 1. The number of likely N-dealkylation sites (tertiary alicyclic amines) is 1. The summed E-state index contributed by atoms with van der Waals surface area (Å²) in [4.78, 5) is 2.93. The molecule has 0 saturated carbocycles. The van der Waals surface area contributed by atoms with Gasteiger partial charge in [-0.25, -0.2) is 8.42 Å². The van der Waals surface area contributed by atoms with Gasteiger partial charge in [-0.05, 0) is 60.0 Å². The average molecular weight is 443 g/mol. The van der Waals surface area contributed by atoms with Gasteiger partial charge in [0.1, 0.15) is 0 Å². The van der Waals surface area contributed by atoms with Gasteiger partial charge >= 0.3 is 0 Å². The zero-order valence-corrected chi connectivity index (χ0v) is 18.8. The van der Waals surface area contributed by atoms with Gasteiger partial charge in [0.25, 0.3) is 10.0 Å². The third-order valence-corrected chi connectivity index (χ3v) is 8.89. The number of sulfonamides is 1. The molecule has 0 radical (unpaired) electrons. The molecule has 0 atom stereocenters. The minimum atomic E-state index is -3.45. The first-order valence-electron chi connectivity index (χ1n) is 11.4. The monoisotopic (exact) mass is 442 g/mol. The van der Waals surface area contributed by atoms with Crippen LogP contribution < -0.4 is 4.31 Å². The summed E-state index contributed by atoms with van der Waals surface area (Å²) in [6.07, 6.45) is 7.49. The van der Waals surface area contributed by atoms with Gasteiger partial charge in [-0.3, -0.25) is 4.31 Å². The van der Waals surface area contributed by atoms with E-state index in [0.29, 0.717) is 11.4 Å². The summed E-state index contributed by atoms with van der Waals surface area (Å²) in [5, 5.41) is 1.86. The van der Waals surface area contributed by atoms with Gasteiger partial charge in [-0.1, -0.05) is 66.3 Å². The molecule has 0 N–H and O–H groups in total. The van der Waals surface area contributed by atoms with Crippen molar-refractivity contribution in [1.29, 1.82) is 0 Å². The lowest BCUT2D eigenvalue weighted by Gasteiger charge is -2.30. The molecule has 0 unspecified atom stereocenters. The number of anilines is 1. The predicted octanol–water partition coefficient (Wildman–Crippen LogP) is 5.32. The highest BCUT2D eigenvalue weighted by molar-refractivity contribution is 7.93. The van der Waals surface area contributed by atoms with E-state index in [9.17, 15) is 8.42 Å². The number of nitrogens with zero attached hydrogens (tertiary/aromatic N) is 2. The van der Waals surface area contributed by atoms with Gasteiger partial charge in [0.05, 0.1) is 10.6 Å². The molecule has 3 aromatic rings. The van der Waals surface area contributed by atoms with Crippen molar-refractivity contribution in [3.8, 4) is 0 Å². The molecule has 32 heavy (non-hydrogen) atoms. The quantitative estimate of drug-likeness (QED) is 0.549. The maximum absolute atomic E-state index is 13.1. The highest BCUT2D eigenvalue weighted by Gasteiger charge is 2.35. The first kappa shape index (κ1) is 19.8. The molecule has 3 aromatic carbocycles. The van der Waals surface area contributed by atoms with Crippen molar-refractivity contribution in [2.45, 2.75) is 24.2 Å². The lowest BCUT2D eigenvalue weighted by atomic mass is 9.94. The van der Waals surface area contributed by atoms with E-state index in [1.165, 1.54) is 16.7 Å². The van der Waals surface area contributed by atoms with E-state index in [0.717, 1.165) is 55.4 Å². The maximum Gasteiger partial charge on any atom is 0.265 e. The molecule has 1 fully saturated rings. The Hall–Kier alpha value is -2.89. The van der Waals surface area contributed by atoms with Crippen LogP contribution in [-0.4, -0.2) is 39.5 Å². The first-order chi connectivity index (χ1) is 15.6. The van der Waals surface area contributed by atoms with Gasteiger partial charge in [0.2, 0.25) is 0 Å². The predicted molar refractivity (Wildman–Crippen MR) is 131 cm³/mol. The van der Waals surface area contributed by atoms with Crippen LogP contribution in [0.25, 0.3) is 22.4 Å². The summed E-state index contributed by atoms with van der Waals surface area (Å²) >= 11 is 0. The van der Waals surface area contributed by atoms with Crippen LogP contribution in [-0.2, 0) is 10.0 Å². The molecule has 1 aliphatic carbocycles. The third kappa shape index (κ3) is 3.11. The van der Waals surface area contributed by atoms with E-state index in [-0.39, 0.29) is 0 Å². The Morgan fingerprint density at radius 3 is 2.44 bits per heavy atom. The van der Waals surface area contributed by atoms with E-state index in [4.69, 9.17) is 0 Å². The van der Waals surface area contributed by atoms with Crippen LogP contribution >= 0.6 is 0 Å². The molecule has 6 rings (SSSR count). The second-order valence-corrected chi connectivity index (χ2v) is 10.7. The molecule has 0 amide bonds. The van der Waals surface area contributed by atoms with Crippen LogP contribution in [0.2, 0.25) is 0 Å². The molecule has 2 heterocycles. The summed E-state index contributed by atoms with van der Waals surface area (Å²) in [6.45, 7) is 3.53. The zero-order chi connectivity index (χ0) is 21.7. The summed E-state index contributed by atoms with van der Waals surface area (Å²) in [6, 6.07) is 20.0. The molecule has 2 aliphatic heterocycles. The van der Waals surface area contributed by atoms with E-state index >= 15 is 0 Å². The van der Waals surface area contributed by atoms with Crippen LogP contribution in [0.4, 0.5) is 5.69 Å². The Kier molecular flexibility index (Phi) is 4.70. The Morgan fingerprint density at radius 2 is 1.59 bits per heavy atom. The number of fused-ring (bicyclic) bond motifs is 1. The van der Waals surface area contributed by atoms with Crippen LogP contribution in [0, 0.1) is 0 Å². The summed E-state index contributed by atoms with van der Waals surface area (Å²) in [5.74, 6) is 0. The van der Waals surface area contributed by atoms with E-state index in [2.05, 4.69) is 41.3 Å². The Morgan fingerprint density at radius 1 is 0.812 bits per heavy atom. The Labute approximate surface area is 189 Å². The SMILES string of the molecule is O=S1(=O)c2cccc3cccc(c23)N1CCCN1CCC(=C2C=Cc3ccccc32)CC1. The van der Waals surface area contributed by atoms with Crippen molar-refractivity contribution >= 4 is 38.1 Å². The number of rotatable bonds is 4. The highest BCUT2D eigenvalue weighted by Crippen LogP contribution is 2.42. The van der Waals surface area contributed by atoms with Crippen molar-refractivity contribution < 1.29 is 8.42 Å². The summed E-state index contributed by atoms with van der Waals surface area (Å²) < 4.78 is 27.9. The van der Waals surface area contributed by atoms with Gasteiger partial charge in [0, 0.05) is 25.0 Å². The second kappa shape index (κ2) is 7.61. The van der Waals surface area contributed by atoms with Gasteiger partial charge < -0.3 is 4.90 Å². The lowest BCUT2D eigenvalue weighted by Crippen LogP contribution is -2.35. The molecule has 5 heteroatoms. The zero-order valence-electron chi connectivity index (χ0n) is 18.0. The van der Waals surface area contributed by atoms with E-state index in [1.54, 1.807) is 15.9 Å². The summed E-state index contributed by atoms with van der Waals surface area (Å²) in [5.41, 5.74) is 6.47. The fraction of sp³-hybridized carbons (Fsp3) is 0.259. The van der Waals surface area contributed by atoms with Gasteiger partial charge in [0.15, 0.2) is 0 Å². The third-order valence-electron chi connectivity index (χ3n) is 7.04. The van der Waals surface area contributed by atoms with Crippen molar-refractivity contribution in [2.75, 3.05) is 30.5 Å². The minimum Gasteiger partial charge on any atom is -0.303 e. The Balaban J connectivity index is 1.11. The van der Waals surface area contributed by atoms with Crippen molar-refractivity contribution in [3.63, 3.8) is 0 Å². The van der Waals surface area contributed by atoms with Crippen molar-refractivity contribution in [3.05, 3.63) is 83.4 Å². The maximum atomic E-state index is 13.1. The van der Waals surface area contributed by atoms with Crippen molar-refractivity contribution in [1.82, 2.24) is 4.90 Å². The molecule has 162 valence electrons. The minimum absolute atomic E-state index is 0.449. The molecule has 3 aliphatic rings. The Bertz CT molecular complexity index is 1370. The molecular weight excluding hydrogens is 416 g/mol. The fourth-order valence-electron chi connectivity index (χ4n) is 5.41. The number of hydrogen-bond acceptors (Lipinski definition) is 3. The lowest BCUT2D eigenvalue weighted by molar-refractivity contribution is 0.255. The largest absolute Gasteiger partial charge is 0.303 e. The van der Waals surface area contributed by atoms with Crippen LogP contribution in [0.3, 0.4) is 0 Å². The normalized spacial score (nSPS) is 19.2. The second-order valence-electron chi connectivity index (χ2n) is 8.84. The highest BCUT2D eigenvalue weighted by atomic mass is 32.2. The molecule has 4 nitrogen and oxygen atoms in total. The molecule has 0 bridgehead atoms. The van der Waals surface area contributed by atoms with Gasteiger partial charge in [-0.2, -0.15) is 0 Å². The first-order valence-corrected chi connectivity index (χ1v) is 12.8. The number of allylic oxidation sites excluding steroid dienone is 2. The molecule has 1 saturated heterocycles. The van der Waals surface area contributed by atoms with Crippen molar-refractivity contribution in [2.24, 2.45) is 0 Å². The van der Waals surface area contributed by atoms with E-state index < -0.39 is 10.0 Å². The molecular formula is C27H26N2O2S. The smallest absolute Gasteiger partial charge is 0.265 e. The van der Waals surface area contributed by atoms with Crippen LogP contribution in [0.5, 0.6) is 0 Å². The fourth-order valence-corrected chi connectivity index (χ4v) is 7.16. The average Bonchev–Trinajstić information content (AvgIpc) is 3.34. The van der Waals surface area contributed by atoms with Gasteiger partial charge in [-0.15, -0.1) is 0 Å². The molecule has 0 aromatic heterocycles. The number of benzene rings is 3. The number of hydrogen-bond donors (Lipinski definition) is 0. The summed E-state index contributed by atoms with van der Waals surface area (Å²) in [7, 11) is -3.45. The van der Waals surface area contributed by atoms with Crippen LogP contribution in [0.15, 0.2) is 77.2 Å². The van der Waals surface area contributed by atoms with E-state index in [1.807, 2.05) is 30.3 Å². The standard InChI is InChI=1S/C27H26N2O2S/c30-32(31)26-11-4-8-22-7-3-10-25(27(22)26)29(32)17-5-16-28-18-14-21(15-19-28)24-13-12-20-6-1-2-9-23(20)24/h1-4,6-13H,5,14-19H2.